The van der Waals surface area contributed by atoms with Crippen molar-refractivity contribution in [2.45, 2.75) is 11.8 Å². The number of aromatic carboxylic acids is 1. The second-order valence-corrected chi connectivity index (χ2v) is 7.03. The maximum atomic E-state index is 12.2. The predicted molar refractivity (Wildman–Crippen MR) is 82.5 cm³/mol. The maximum Gasteiger partial charge on any atom is 0.354 e. The smallest absolute Gasteiger partial charge is 0.354 e. The molecule has 3 N–H and O–H groups in total. The van der Waals surface area contributed by atoms with Crippen LogP contribution in [0, 0.1) is 10.5 Å². The van der Waals surface area contributed by atoms with E-state index >= 15 is 0 Å². The van der Waals surface area contributed by atoms with Crippen molar-refractivity contribution < 1.29 is 18.3 Å². The summed E-state index contributed by atoms with van der Waals surface area (Å²) < 4.78 is 27.5. The van der Waals surface area contributed by atoms with E-state index in [2.05, 4.69) is 32.3 Å². The number of H-pyrrole nitrogens is 1. The molecule has 8 heteroatoms. The van der Waals surface area contributed by atoms with Gasteiger partial charge in [-0.25, -0.2) is 13.2 Å². The van der Waals surface area contributed by atoms with Crippen molar-refractivity contribution in [3.05, 3.63) is 45.3 Å². The Kier molecular flexibility index (Phi) is 4.04. The number of nitrogens with one attached hydrogen (secondary N) is 2. The third-order valence-corrected chi connectivity index (χ3v) is 4.64. The third kappa shape index (κ3) is 3.12. The maximum absolute atomic E-state index is 12.2. The Morgan fingerprint density at radius 3 is 2.45 bits per heavy atom. The number of sulfonamides is 1. The van der Waals surface area contributed by atoms with Crippen molar-refractivity contribution in [2.24, 2.45) is 0 Å². The molecule has 0 fully saturated rings. The first-order valence-corrected chi connectivity index (χ1v) is 8.07. The zero-order valence-corrected chi connectivity index (χ0v) is 13.3. The Morgan fingerprint density at radius 2 is 1.90 bits per heavy atom. The van der Waals surface area contributed by atoms with Crippen LogP contribution in [0.25, 0.3) is 0 Å². The van der Waals surface area contributed by atoms with E-state index < -0.39 is 16.0 Å². The molecule has 106 valence electrons. The molecule has 0 amide bonds. The molecule has 0 spiro atoms. The number of carbonyl (C=O) groups is 1. The van der Waals surface area contributed by atoms with Crippen LogP contribution in [0.1, 0.15) is 16.2 Å². The molecule has 0 aliphatic rings. The number of benzene rings is 1. The summed E-state index contributed by atoms with van der Waals surface area (Å²) in [5.41, 5.74) is 0.396. The van der Waals surface area contributed by atoms with Crippen LogP contribution >= 0.6 is 22.6 Å². The number of aryl methyl sites for hydroxylation is 1. The lowest BCUT2D eigenvalue weighted by Crippen LogP contribution is -2.14. The molecule has 1 aromatic carbocycles. The predicted octanol–water partition coefficient (Wildman–Crippen LogP) is 2.43. The second kappa shape index (κ2) is 5.44. The molecule has 20 heavy (non-hydrogen) atoms. The Hall–Kier alpha value is -1.55. The van der Waals surface area contributed by atoms with Gasteiger partial charge in [-0.1, -0.05) is 0 Å². The molecule has 0 radical (unpaired) electrons. The summed E-state index contributed by atoms with van der Waals surface area (Å²) in [5.74, 6) is -1.22. The van der Waals surface area contributed by atoms with Gasteiger partial charge in [-0.2, -0.15) is 0 Å². The van der Waals surface area contributed by atoms with Gasteiger partial charge < -0.3 is 10.1 Å². The SMILES string of the molecule is Cc1cc(NS(=O)(=O)c2ccc(I)cc2)c(C(=O)O)[nH]1. The highest BCUT2D eigenvalue weighted by Gasteiger charge is 2.20. The first kappa shape index (κ1) is 14.9. The molecule has 0 atom stereocenters. The zero-order chi connectivity index (χ0) is 14.9. The molecule has 2 rings (SSSR count). The summed E-state index contributed by atoms with van der Waals surface area (Å²) in [7, 11) is -3.81. The summed E-state index contributed by atoms with van der Waals surface area (Å²) in [5, 5.41) is 9.02. The number of aromatic nitrogens is 1. The normalized spacial score (nSPS) is 11.3. The summed E-state index contributed by atoms with van der Waals surface area (Å²) >= 11 is 2.07. The molecule has 6 nitrogen and oxygen atoms in total. The highest BCUT2D eigenvalue weighted by atomic mass is 127. The fraction of sp³-hybridized carbons (Fsp3) is 0.0833. The topological polar surface area (TPSA) is 99.3 Å². The number of carboxylic acids is 1. The van der Waals surface area contributed by atoms with Crippen LogP contribution in [-0.4, -0.2) is 24.5 Å². The molecule has 0 unspecified atom stereocenters. The van der Waals surface area contributed by atoms with Gasteiger partial charge in [0.2, 0.25) is 0 Å². The molecule has 1 heterocycles. The van der Waals surface area contributed by atoms with Gasteiger partial charge in [-0.3, -0.25) is 4.72 Å². The van der Waals surface area contributed by atoms with Gasteiger partial charge in [-0.15, -0.1) is 0 Å². The molecule has 0 aliphatic carbocycles. The summed E-state index contributed by atoms with van der Waals surface area (Å²) in [6.45, 7) is 1.65. The van der Waals surface area contributed by atoms with Crippen molar-refractivity contribution in [2.75, 3.05) is 4.72 Å². The monoisotopic (exact) mass is 406 g/mol. The Bertz CT molecular complexity index is 750. The van der Waals surface area contributed by atoms with E-state index in [9.17, 15) is 13.2 Å². The minimum atomic E-state index is -3.81. The minimum absolute atomic E-state index is 0.0218. The van der Waals surface area contributed by atoms with Crippen LogP contribution in [0.3, 0.4) is 0 Å². The van der Waals surface area contributed by atoms with Crippen LogP contribution in [0.2, 0.25) is 0 Å². The summed E-state index contributed by atoms with van der Waals surface area (Å²) in [6.07, 6.45) is 0. The Balaban J connectivity index is 2.38. The lowest BCUT2D eigenvalue weighted by Gasteiger charge is -2.07. The fourth-order valence-corrected chi connectivity index (χ4v) is 3.08. The largest absolute Gasteiger partial charge is 0.477 e. The highest BCUT2D eigenvalue weighted by molar-refractivity contribution is 14.1. The van der Waals surface area contributed by atoms with E-state index in [0.717, 1.165) is 3.57 Å². The number of halogens is 1. The number of carboxylic acid groups (broad SMARTS) is 1. The number of rotatable bonds is 4. The molecule has 2 aromatic rings. The third-order valence-electron chi connectivity index (χ3n) is 2.53. The van der Waals surface area contributed by atoms with Crippen LogP contribution in [-0.2, 0) is 10.0 Å². The number of hydrogen-bond donors (Lipinski definition) is 3. The molecule has 1 aromatic heterocycles. The average molecular weight is 406 g/mol. The van der Waals surface area contributed by atoms with Crippen LogP contribution in [0.5, 0.6) is 0 Å². The van der Waals surface area contributed by atoms with Gasteiger partial charge in [0.1, 0.15) is 5.69 Å². The average Bonchev–Trinajstić information content (AvgIpc) is 2.70. The van der Waals surface area contributed by atoms with Crippen LogP contribution in [0.15, 0.2) is 35.2 Å². The van der Waals surface area contributed by atoms with Gasteiger partial charge in [0.25, 0.3) is 10.0 Å². The molecule has 0 bridgehead atoms. The summed E-state index contributed by atoms with van der Waals surface area (Å²) in [6, 6.07) is 7.69. The van der Waals surface area contributed by atoms with Gasteiger partial charge in [0, 0.05) is 9.26 Å². The van der Waals surface area contributed by atoms with Crippen molar-refractivity contribution in [1.82, 2.24) is 4.98 Å². The minimum Gasteiger partial charge on any atom is -0.477 e. The quantitative estimate of drug-likeness (QED) is 0.680. The van der Waals surface area contributed by atoms with Gasteiger partial charge in [0.15, 0.2) is 0 Å². The first-order valence-electron chi connectivity index (χ1n) is 5.51. The number of anilines is 1. The van der Waals surface area contributed by atoms with Gasteiger partial charge in [-0.05, 0) is 59.8 Å². The van der Waals surface area contributed by atoms with E-state index in [4.69, 9.17) is 5.11 Å². The van der Waals surface area contributed by atoms with Crippen LogP contribution in [0.4, 0.5) is 5.69 Å². The van der Waals surface area contributed by atoms with Gasteiger partial charge >= 0.3 is 5.97 Å². The lowest BCUT2D eigenvalue weighted by atomic mass is 10.4. The van der Waals surface area contributed by atoms with Crippen LogP contribution < -0.4 is 4.72 Å². The van der Waals surface area contributed by atoms with E-state index in [0.29, 0.717) is 5.69 Å². The molecule has 0 saturated carbocycles. The zero-order valence-electron chi connectivity index (χ0n) is 10.3. The molecule has 0 saturated heterocycles. The molecular weight excluding hydrogens is 395 g/mol. The van der Waals surface area contributed by atoms with E-state index in [-0.39, 0.29) is 16.3 Å². The molecule has 0 aliphatic heterocycles. The number of aromatic amines is 1. The Morgan fingerprint density at radius 1 is 1.30 bits per heavy atom. The summed E-state index contributed by atoms with van der Waals surface area (Å²) in [4.78, 5) is 13.7. The van der Waals surface area contributed by atoms with Crippen molar-refractivity contribution in [1.29, 1.82) is 0 Å². The molecular formula is C12H11IN2O4S. The van der Waals surface area contributed by atoms with Gasteiger partial charge in [0.05, 0.1) is 10.6 Å². The number of hydrogen-bond acceptors (Lipinski definition) is 3. The van der Waals surface area contributed by atoms with E-state index in [1.54, 1.807) is 19.1 Å². The van der Waals surface area contributed by atoms with Crippen molar-refractivity contribution >= 4 is 44.3 Å². The van der Waals surface area contributed by atoms with E-state index in [1.807, 2.05) is 0 Å². The van der Waals surface area contributed by atoms with E-state index in [1.165, 1.54) is 18.2 Å². The highest BCUT2D eigenvalue weighted by Crippen LogP contribution is 2.21. The Labute approximate surface area is 129 Å². The first-order chi connectivity index (χ1) is 9.29. The van der Waals surface area contributed by atoms with Crippen molar-refractivity contribution in [3.63, 3.8) is 0 Å². The van der Waals surface area contributed by atoms with Crippen molar-refractivity contribution in [3.8, 4) is 0 Å². The second-order valence-electron chi connectivity index (χ2n) is 4.11. The fourth-order valence-electron chi connectivity index (χ4n) is 1.66. The standard InChI is InChI=1S/C12H11IN2O4S/c1-7-6-10(11(14-7)12(16)17)15-20(18,19)9-4-2-8(13)3-5-9/h2-6,14-15H,1H3,(H,16,17). The lowest BCUT2D eigenvalue weighted by molar-refractivity contribution is 0.0692.